The minimum Gasteiger partial charge on any atom is -0.481 e. The number of hydrogen-bond acceptors (Lipinski definition) is 2. The molecule has 0 fully saturated rings. The van der Waals surface area contributed by atoms with Crippen molar-refractivity contribution in [3.05, 3.63) is 0 Å². The molecule has 0 aromatic rings. The van der Waals surface area contributed by atoms with Crippen molar-refractivity contribution in [1.29, 1.82) is 0 Å². The molecule has 0 saturated heterocycles. The first-order chi connectivity index (χ1) is 6.06. The molecule has 3 heteroatoms. The highest BCUT2D eigenvalue weighted by Gasteiger charge is 1.99. The van der Waals surface area contributed by atoms with Gasteiger partial charge in [0.15, 0.2) is 0 Å². The molecule has 0 amide bonds. The molecule has 0 atom stereocenters. The van der Waals surface area contributed by atoms with Gasteiger partial charge in [0.2, 0.25) is 0 Å². The number of carboxylic acids is 1. The summed E-state index contributed by atoms with van der Waals surface area (Å²) in [6, 6.07) is 0. The van der Waals surface area contributed by atoms with Gasteiger partial charge in [-0.15, -0.1) is 0 Å². The van der Waals surface area contributed by atoms with E-state index in [9.17, 15) is 9.59 Å². The smallest absolute Gasteiger partial charge is 0.305 e. The van der Waals surface area contributed by atoms with Gasteiger partial charge in [-0.1, -0.05) is 33.6 Å². The summed E-state index contributed by atoms with van der Waals surface area (Å²) in [6.07, 6.45) is 5.19. The Labute approximate surface area is 80.1 Å². The highest BCUT2D eigenvalue weighted by atomic mass is 16.4. The molecular weight excluding hydrogens is 168 g/mol. The van der Waals surface area contributed by atoms with Crippen LogP contribution < -0.4 is 0 Å². The first kappa shape index (κ1) is 14.7. The third-order valence-corrected chi connectivity index (χ3v) is 1.42. The summed E-state index contributed by atoms with van der Waals surface area (Å²) < 4.78 is 0. The summed E-state index contributed by atoms with van der Waals surface area (Å²) in [4.78, 5) is 19.4. The van der Waals surface area contributed by atoms with Gasteiger partial charge in [-0.2, -0.15) is 0 Å². The molecule has 0 aliphatic heterocycles. The van der Waals surface area contributed by atoms with Crippen molar-refractivity contribution < 1.29 is 14.7 Å². The largest absolute Gasteiger partial charge is 0.481 e. The molecule has 0 aromatic heterocycles. The monoisotopic (exact) mass is 188 g/mol. The second kappa shape index (κ2) is 11.1. The van der Waals surface area contributed by atoms with Crippen LogP contribution in [-0.2, 0) is 9.59 Å². The van der Waals surface area contributed by atoms with Gasteiger partial charge in [0, 0.05) is 6.42 Å². The van der Waals surface area contributed by atoms with Gasteiger partial charge in [-0.25, -0.2) is 0 Å². The topological polar surface area (TPSA) is 54.4 Å². The molecule has 0 saturated carbocycles. The van der Waals surface area contributed by atoms with Crippen molar-refractivity contribution >= 4 is 12.3 Å². The number of aldehydes is 1. The molecule has 3 nitrogen and oxygen atoms in total. The normalized spacial score (nSPS) is 8.92. The lowest BCUT2D eigenvalue weighted by atomic mass is 10.2. The number of carbonyl (C=O) groups is 2. The molecule has 0 heterocycles. The average Bonchev–Trinajstić information content (AvgIpc) is 2.06. The zero-order valence-electron chi connectivity index (χ0n) is 8.75. The number of aliphatic carboxylic acids is 1. The van der Waals surface area contributed by atoms with E-state index in [1.807, 2.05) is 0 Å². The van der Waals surface area contributed by atoms with E-state index in [2.05, 4.69) is 6.92 Å². The van der Waals surface area contributed by atoms with Crippen molar-refractivity contribution in [2.75, 3.05) is 0 Å². The Morgan fingerprint density at radius 3 is 2.08 bits per heavy atom. The quantitative estimate of drug-likeness (QED) is 0.532. The zero-order chi connectivity index (χ0) is 10.7. The number of unbranched alkanes of at least 4 members (excludes halogenated alkanes) is 3. The molecule has 0 aromatic carbocycles. The summed E-state index contributed by atoms with van der Waals surface area (Å²) in [5.74, 6) is -0.972. The van der Waals surface area contributed by atoms with Crippen LogP contribution in [0, 0.1) is 5.92 Å². The summed E-state index contributed by atoms with van der Waals surface area (Å²) in [5.41, 5.74) is 0. The third kappa shape index (κ3) is 18.3. The van der Waals surface area contributed by atoms with Crippen LogP contribution in [0.1, 0.15) is 46.5 Å². The molecule has 0 bridgehead atoms. The number of carboxylic acid groups (broad SMARTS) is 1. The zero-order valence-corrected chi connectivity index (χ0v) is 8.75. The van der Waals surface area contributed by atoms with Gasteiger partial charge in [-0.05, 0) is 6.42 Å². The lowest BCUT2D eigenvalue weighted by molar-refractivity contribution is -0.140. The molecule has 0 rings (SSSR count). The van der Waals surface area contributed by atoms with E-state index in [0.29, 0.717) is 0 Å². The second-order valence-corrected chi connectivity index (χ2v) is 3.16. The molecule has 0 spiro atoms. The van der Waals surface area contributed by atoms with E-state index in [0.717, 1.165) is 19.1 Å². The average molecular weight is 188 g/mol. The standard InChI is InChI=1S/C6H12O.C4H8O2/c1-2-3-4-5-6-7;1-3(2)4(5)6/h6H,2-5H2,1H3;3H,1-2H3,(H,5,6). The first-order valence-electron chi connectivity index (χ1n) is 4.72. The minimum atomic E-state index is -0.741. The maximum atomic E-state index is 9.70. The highest BCUT2D eigenvalue weighted by Crippen LogP contribution is 1.94. The number of hydrogen-bond donors (Lipinski definition) is 1. The van der Waals surface area contributed by atoms with E-state index >= 15 is 0 Å². The van der Waals surface area contributed by atoms with Crippen LogP contribution in [0.3, 0.4) is 0 Å². The summed E-state index contributed by atoms with van der Waals surface area (Å²) in [7, 11) is 0. The highest BCUT2D eigenvalue weighted by molar-refractivity contribution is 5.68. The maximum Gasteiger partial charge on any atom is 0.305 e. The fourth-order valence-corrected chi connectivity index (χ4v) is 0.478. The lowest BCUT2D eigenvalue weighted by Gasteiger charge is -1.89. The van der Waals surface area contributed by atoms with Crippen LogP contribution in [0.5, 0.6) is 0 Å². The Morgan fingerprint density at radius 1 is 1.38 bits per heavy atom. The molecule has 13 heavy (non-hydrogen) atoms. The Kier molecular flexibility index (Phi) is 12.6. The van der Waals surface area contributed by atoms with Gasteiger partial charge < -0.3 is 9.90 Å². The molecule has 1 N–H and O–H groups in total. The van der Waals surface area contributed by atoms with Crippen LogP contribution in [0.4, 0.5) is 0 Å². The van der Waals surface area contributed by atoms with Crippen molar-refractivity contribution in [3.8, 4) is 0 Å². The molecular formula is C10H20O3. The first-order valence-corrected chi connectivity index (χ1v) is 4.72. The number of carbonyl (C=O) groups excluding carboxylic acids is 1. The summed E-state index contributed by atoms with van der Waals surface area (Å²) in [5, 5.41) is 7.99. The Morgan fingerprint density at radius 2 is 1.85 bits per heavy atom. The Bertz CT molecular complexity index is 130. The maximum absolute atomic E-state index is 9.70. The van der Waals surface area contributed by atoms with Crippen LogP contribution in [0.2, 0.25) is 0 Å². The third-order valence-electron chi connectivity index (χ3n) is 1.42. The Hall–Kier alpha value is -0.860. The van der Waals surface area contributed by atoms with Gasteiger partial charge in [0.05, 0.1) is 5.92 Å². The van der Waals surface area contributed by atoms with Crippen molar-refractivity contribution in [1.82, 2.24) is 0 Å². The molecule has 0 radical (unpaired) electrons. The predicted molar refractivity (Wildman–Crippen MR) is 52.7 cm³/mol. The van der Waals surface area contributed by atoms with Gasteiger partial charge in [0.1, 0.15) is 6.29 Å². The van der Waals surface area contributed by atoms with E-state index < -0.39 is 5.97 Å². The fraction of sp³-hybridized carbons (Fsp3) is 0.800. The molecule has 0 aliphatic carbocycles. The minimum absolute atomic E-state index is 0.231. The number of rotatable bonds is 5. The van der Waals surface area contributed by atoms with Crippen LogP contribution >= 0.6 is 0 Å². The van der Waals surface area contributed by atoms with E-state index in [4.69, 9.17) is 5.11 Å². The van der Waals surface area contributed by atoms with Gasteiger partial charge in [0.25, 0.3) is 0 Å². The van der Waals surface area contributed by atoms with Crippen molar-refractivity contribution in [2.45, 2.75) is 46.5 Å². The SMILES string of the molecule is CC(C)C(=O)O.CCCCCC=O. The van der Waals surface area contributed by atoms with Crippen LogP contribution in [0.15, 0.2) is 0 Å². The predicted octanol–water partition coefficient (Wildman–Crippen LogP) is 2.49. The van der Waals surface area contributed by atoms with Crippen molar-refractivity contribution in [2.24, 2.45) is 5.92 Å². The Balaban J connectivity index is 0. The van der Waals surface area contributed by atoms with E-state index in [1.54, 1.807) is 13.8 Å². The molecule has 0 unspecified atom stereocenters. The van der Waals surface area contributed by atoms with Gasteiger partial charge in [-0.3, -0.25) is 4.79 Å². The van der Waals surface area contributed by atoms with Gasteiger partial charge >= 0.3 is 5.97 Å². The fourth-order valence-electron chi connectivity index (χ4n) is 0.478. The molecule has 0 aliphatic rings. The summed E-state index contributed by atoms with van der Waals surface area (Å²) in [6.45, 7) is 5.41. The van der Waals surface area contributed by atoms with E-state index in [-0.39, 0.29) is 5.92 Å². The summed E-state index contributed by atoms with van der Waals surface area (Å²) >= 11 is 0. The lowest BCUT2D eigenvalue weighted by Crippen LogP contribution is -2.03. The van der Waals surface area contributed by atoms with Crippen molar-refractivity contribution in [3.63, 3.8) is 0 Å². The van der Waals surface area contributed by atoms with Crippen LogP contribution in [-0.4, -0.2) is 17.4 Å². The second-order valence-electron chi connectivity index (χ2n) is 3.16. The van der Waals surface area contributed by atoms with E-state index in [1.165, 1.54) is 12.8 Å². The molecule has 78 valence electrons. The van der Waals surface area contributed by atoms with Crippen LogP contribution in [0.25, 0.3) is 0 Å².